The molecule has 2 aromatic rings. The fourth-order valence-electron chi connectivity index (χ4n) is 2.64. The number of carbonyl (C=O) groups excluding carboxylic acids is 1. The summed E-state index contributed by atoms with van der Waals surface area (Å²) in [6.07, 6.45) is 3.33. The number of alkyl halides is 3. The zero-order chi connectivity index (χ0) is 25.7. The van der Waals surface area contributed by atoms with Gasteiger partial charge in [0, 0.05) is 18.2 Å². The molecule has 12 heteroatoms. The molecule has 2 N–H and O–H groups in total. The van der Waals surface area contributed by atoms with E-state index in [-0.39, 0.29) is 34.8 Å². The minimum Gasteiger partial charge on any atom is -0.475 e. The molecule has 1 aromatic carbocycles. The van der Waals surface area contributed by atoms with Crippen molar-refractivity contribution >= 4 is 27.7 Å². The average Bonchev–Trinajstić information content (AvgIpc) is 2.70. The van der Waals surface area contributed by atoms with Crippen molar-refractivity contribution in [1.29, 1.82) is 0 Å². The van der Waals surface area contributed by atoms with Gasteiger partial charge < -0.3 is 10.1 Å². The third-order valence-corrected chi connectivity index (χ3v) is 4.58. The smallest absolute Gasteiger partial charge is 0.433 e. The number of hydrogen-bond acceptors (Lipinski definition) is 5. The van der Waals surface area contributed by atoms with Crippen LogP contribution >= 0.6 is 0 Å². The predicted octanol–water partition coefficient (Wildman–Crippen LogP) is 3.71. The van der Waals surface area contributed by atoms with Crippen molar-refractivity contribution < 1.29 is 35.5 Å². The van der Waals surface area contributed by atoms with E-state index >= 15 is 0 Å². The number of aromatic nitrogens is 1. The molecule has 0 aliphatic carbocycles. The van der Waals surface area contributed by atoms with Crippen molar-refractivity contribution in [3.63, 3.8) is 0 Å². The predicted molar refractivity (Wildman–Crippen MR) is 119 cm³/mol. The summed E-state index contributed by atoms with van der Waals surface area (Å²) in [6, 6.07) is 4.22. The highest BCUT2D eigenvalue weighted by molar-refractivity contribution is 7.92. The largest absolute Gasteiger partial charge is 0.475 e. The fraction of sp³-hybridized carbons (Fsp3) is 0.273. The summed E-state index contributed by atoms with van der Waals surface area (Å²) >= 11 is 0. The SMILES string of the molecule is C#Cc1cc(CNC(=O)/C=C/c2ccc(C(F)(F)F)nc2OC(C)C)cc(F)c1NS(C)(=O)=O. The van der Waals surface area contributed by atoms with E-state index in [0.29, 0.717) is 0 Å². The molecule has 0 aliphatic heterocycles. The molecule has 2 rings (SSSR count). The molecule has 0 aliphatic rings. The number of rotatable bonds is 8. The van der Waals surface area contributed by atoms with Gasteiger partial charge in [-0.05, 0) is 49.8 Å². The molecular formula is C22H21F4N3O4S. The maximum absolute atomic E-state index is 14.3. The van der Waals surface area contributed by atoms with Crippen molar-refractivity contribution in [2.24, 2.45) is 0 Å². The average molecular weight is 499 g/mol. The van der Waals surface area contributed by atoms with E-state index in [1.54, 1.807) is 13.8 Å². The highest BCUT2D eigenvalue weighted by atomic mass is 32.2. The molecule has 7 nitrogen and oxygen atoms in total. The Balaban J connectivity index is 2.17. The highest BCUT2D eigenvalue weighted by Gasteiger charge is 2.33. The first-order chi connectivity index (χ1) is 15.7. The Morgan fingerprint density at radius 2 is 1.97 bits per heavy atom. The molecule has 0 saturated heterocycles. The van der Waals surface area contributed by atoms with Gasteiger partial charge >= 0.3 is 6.18 Å². The van der Waals surface area contributed by atoms with Gasteiger partial charge in [0.15, 0.2) is 0 Å². The van der Waals surface area contributed by atoms with Gasteiger partial charge in [-0.2, -0.15) is 13.2 Å². The molecule has 0 spiro atoms. The molecular weight excluding hydrogens is 478 g/mol. The molecule has 0 radical (unpaired) electrons. The first-order valence-corrected chi connectivity index (χ1v) is 11.6. The number of amides is 1. The van der Waals surface area contributed by atoms with Gasteiger partial charge in [-0.15, -0.1) is 6.42 Å². The molecule has 0 atom stereocenters. The molecule has 1 amide bonds. The molecule has 0 fully saturated rings. The van der Waals surface area contributed by atoms with E-state index in [4.69, 9.17) is 11.2 Å². The van der Waals surface area contributed by atoms with Crippen LogP contribution in [0.5, 0.6) is 5.88 Å². The summed E-state index contributed by atoms with van der Waals surface area (Å²) in [5.74, 6) is 0.321. The minimum atomic E-state index is -4.66. The number of carbonyl (C=O) groups is 1. The maximum Gasteiger partial charge on any atom is 0.433 e. The molecule has 182 valence electrons. The zero-order valence-electron chi connectivity index (χ0n) is 18.3. The van der Waals surface area contributed by atoms with Gasteiger partial charge in [0.25, 0.3) is 0 Å². The second kappa shape index (κ2) is 10.6. The maximum atomic E-state index is 14.3. The van der Waals surface area contributed by atoms with Crippen LogP contribution < -0.4 is 14.8 Å². The Kier molecular flexibility index (Phi) is 8.28. The summed E-state index contributed by atoms with van der Waals surface area (Å²) in [7, 11) is -3.77. The van der Waals surface area contributed by atoms with E-state index in [1.165, 1.54) is 12.1 Å². The number of nitrogens with zero attached hydrogens (tertiary/aromatic N) is 1. The number of benzene rings is 1. The van der Waals surface area contributed by atoms with Crippen LogP contribution in [0.15, 0.2) is 30.3 Å². The van der Waals surface area contributed by atoms with Gasteiger partial charge in [-0.1, -0.05) is 5.92 Å². The van der Waals surface area contributed by atoms with Gasteiger partial charge in [0.1, 0.15) is 11.5 Å². The number of terminal acetylenes is 1. The Bertz CT molecular complexity index is 1250. The Hall–Kier alpha value is -3.59. The van der Waals surface area contributed by atoms with Crippen molar-refractivity contribution in [3.05, 3.63) is 58.5 Å². The van der Waals surface area contributed by atoms with Crippen molar-refractivity contribution in [2.75, 3.05) is 11.0 Å². The highest BCUT2D eigenvalue weighted by Crippen LogP contribution is 2.31. The summed E-state index contributed by atoms with van der Waals surface area (Å²) < 4.78 is 83.2. The number of nitrogens with one attached hydrogen (secondary N) is 2. The lowest BCUT2D eigenvalue weighted by molar-refractivity contribution is -0.141. The lowest BCUT2D eigenvalue weighted by Crippen LogP contribution is -2.21. The van der Waals surface area contributed by atoms with Crippen LogP contribution in [0.25, 0.3) is 6.08 Å². The summed E-state index contributed by atoms with van der Waals surface area (Å²) in [5.41, 5.74) is -1.17. The summed E-state index contributed by atoms with van der Waals surface area (Å²) in [4.78, 5) is 15.7. The molecule has 1 heterocycles. The van der Waals surface area contributed by atoms with Gasteiger partial charge in [0.2, 0.25) is 21.8 Å². The standard InChI is InChI=1S/C22H21F4N3O4S/c1-5-15-10-14(11-17(23)20(15)29-34(4,31)32)12-27-19(30)9-7-16-6-8-18(22(24,25)26)28-21(16)33-13(2)3/h1,6-11,13,29H,12H2,2-4H3,(H,27,30)/b9-7+. The monoisotopic (exact) mass is 499 g/mol. The number of ether oxygens (including phenoxy) is 1. The van der Waals surface area contributed by atoms with Gasteiger partial charge in [-0.25, -0.2) is 17.8 Å². The van der Waals surface area contributed by atoms with Crippen LogP contribution in [0.3, 0.4) is 0 Å². The number of anilines is 1. The second-order valence-corrected chi connectivity index (χ2v) is 9.07. The fourth-order valence-corrected chi connectivity index (χ4v) is 3.21. The molecule has 0 bridgehead atoms. The number of pyridine rings is 1. The van der Waals surface area contributed by atoms with Crippen LogP contribution in [0.4, 0.5) is 23.2 Å². The van der Waals surface area contributed by atoms with Crippen LogP contribution in [0.2, 0.25) is 0 Å². The van der Waals surface area contributed by atoms with E-state index in [1.807, 2.05) is 4.72 Å². The number of sulfonamides is 1. The first kappa shape index (κ1) is 26.7. The number of hydrogen-bond donors (Lipinski definition) is 2. The van der Waals surface area contributed by atoms with E-state index in [9.17, 15) is 30.8 Å². The van der Waals surface area contributed by atoms with Gasteiger partial charge in [-0.3, -0.25) is 9.52 Å². The minimum absolute atomic E-state index is 0.0588. The summed E-state index contributed by atoms with van der Waals surface area (Å²) in [6.45, 7) is 3.07. The summed E-state index contributed by atoms with van der Waals surface area (Å²) in [5, 5.41) is 2.47. The van der Waals surface area contributed by atoms with Crippen LogP contribution in [-0.2, 0) is 27.5 Å². The lowest BCUT2D eigenvalue weighted by Gasteiger charge is -2.14. The second-order valence-electron chi connectivity index (χ2n) is 7.33. The molecule has 1 aromatic heterocycles. The normalized spacial score (nSPS) is 12.0. The lowest BCUT2D eigenvalue weighted by atomic mass is 10.1. The third kappa shape index (κ3) is 7.77. The first-order valence-electron chi connectivity index (χ1n) is 9.67. The van der Waals surface area contributed by atoms with E-state index in [0.717, 1.165) is 30.5 Å². The molecule has 0 saturated carbocycles. The van der Waals surface area contributed by atoms with Crippen molar-refractivity contribution in [2.45, 2.75) is 32.7 Å². The van der Waals surface area contributed by atoms with Crippen LogP contribution in [-0.4, -0.2) is 31.7 Å². The Morgan fingerprint density at radius 3 is 2.53 bits per heavy atom. The van der Waals surface area contributed by atoms with Crippen LogP contribution in [0, 0.1) is 18.2 Å². The van der Waals surface area contributed by atoms with Crippen molar-refractivity contribution in [3.8, 4) is 18.2 Å². The van der Waals surface area contributed by atoms with E-state index < -0.39 is 39.7 Å². The van der Waals surface area contributed by atoms with E-state index in [2.05, 4.69) is 16.2 Å². The Labute approximate surface area is 194 Å². The Morgan fingerprint density at radius 1 is 1.29 bits per heavy atom. The van der Waals surface area contributed by atoms with Gasteiger partial charge in [0.05, 0.1) is 23.6 Å². The topological polar surface area (TPSA) is 97.4 Å². The quantitative estimate of drug-likeness (QED) is 0.328. The zero-order valence-corrected chi connectivity index (χ0v) is 19.1. The molecule has 34 heavy (non-hydrogen) atoms. The molecule has 0 unspecified atom stereocenters. The number of halogens is 4. The van der Waals surface area contributed by atoms with Crippen LogP contribution in [0.1, 0.15) is 36.2 Å². The van der Waals surface area contributed by atoms with Crippen molar-refractivity contribution in [1.82, 2.24) is 10.3 Å². The third-order valence-electron chi connectivity index (χ3n) is 4.00.